The number of carbonyl (C=O) groups is 3. The summed E-state index contributed by atoms with van der Waals surface area (Å²) in [4.78, 5) is 43.3. The van der Waals surface area contributed by atoms with Gasteiger partial charge >= 0.3 is 18.2 Å². The number of aliphatic carboxylic acids is 1. The molecule has 1 unspecified atom stereocenters. The van der Waals surface area contributed by atoms with Gasteiger partial charge in [-0.1, -0.05) is 11.6 Å². The molecule has 0 aliphatic carbocycles. The van der Waals surface area contributed by atoms with E-state index in [0.29, 0.717) is 15.9 Å². The quantitative estimate of drug-likeness (QED) is 0.493. The first kappa shape index (κ1) is 25.1. The lowest BCUT2D eigenvalue weighted by atomic mass is 10.1. The Morgan fingerprint density at radius 1 is 1.26 bits per heavy atom. The Balaban J connectivity index is 2.07. The summed E-state index contributed by atoms with van der Waals surface area (Å²) in [5.74, 6) is -5.34. The van der Waals surface area contributed by atoms with Crippen LogP contribution in [0.3, 0.4) is 0 Å². The normalized spacial score (nSPS) is 16.2. The van der Waals surface area contributed by atoms with E-state index in [2.05, 4.69) is 4.98 Å². The second-order valence-corrected chi connectivity index (χ2v) is 7.77. The zero-order chi connectivity index (χ0) is 25.5. The lowest BCUT2D eigenvalue weighted by Gasteiger charge is -2.27. The number of carboxylic acids is 1. The zero-order valence-electron chi connectivity index (χ0n) is 17.5. The molecule has 182 valence electrons. The largest absolute Gasteiger partial charge is 0.480 e. The van der Waals surface area contributed by atoms with Crippen molar-refractivity contribution in [2.45, 2.75) is 19.1 Å². The first-order valence-corrected chi connectivity index (χ1v) is 9.87. The number of aromatic nitrogens is 1. The lowest BCUT2D eigenvalue weighted by Crippen LogP contribution is -2.47. The first-order chi connectivity index (χ1) is 15.7. The zero-order valence-corrected chi connectivity index (χ0v) is 18.3. The number of pyridine rings is 1. The minimum Gasteiger partial charge on any atom is -0.480 e. The molecule has 0 radical (unpaired) electrons. The number of nitrogens with zero attached hydrogens (tertiary/aromatic N) is 4. The van der Waals surface area contributed by atoms with Gasteiger partial charge in [0.25, 0.3) is 5.91 Å². The third kappa shape index (κ3) is 4.74. The maximum Gasteiger partial charge on any atom is 0.416 e. The number of rotatable bonds is 5. The van der Waals surface area contributed by atoms with E-state index >= 15 is 0 Å². The third-order valence-electron chi connectivity index (χ3n) is 5.01. The van der Waals surface area contributed by atoms with Gasteiger partial charge in [0, 0.05) is 12.7 Å². The van der Waals surface area contributed by atoms with Gasteiger partial charge in [0.15, 0.2) is 5.82 Å². The fourth-order valence-electron chi connectivity index (χ4n) is 3.45. The van der Waals surface area contributed by atoms with E-state index in [1.807, 2.05) is 0 Å². The molecule has 1 N–H and O–H groups in total. The Kier molecular flexibility index (Phi) is 6.69. The standard InChI is InChI=1S/C20H16ClF5N4O4/c1-9-5-10(20(24,25)26)6-14(27-9)30-13(7-29(19(30)34)8-15(31)32)18(33)28(2)12-4-3-11(22)16(21)17(12)23/h3-6,13H,7-8H2,1-2H3,(H,31,32). The molecule has 1 atom stereocenters. The summed E-state index contributed by atoms with van der Waals surface area (Å²) < 4.78 is 67.9. The van der Waals surface area contributed by atoms with Crippen LogP contribution >= 0.6 is 11.6 Å². The van der Waals surface area contributed by atoms with E-state index in [9.17, 15) is 36.3 Å². The maximum absolute atomic E-state index is 14.5. The fourth-order valence-corrected chi connectivity index (χ4v) is 3.61. The summed E-state index contributed by atoms with van der Waals surface area (Å²) in [7, 11) is 1.09. The Morgan fingerprint density at radius 3 is 2.50 bits per heavy atom. The summed E-state index contributed by atoms with van der Waals surface area (Å²) in [5, 5.41) is 8.19. The van der Waals surface area contributed by atoms with E-state index in [0.717, 1.165) is 30.1 Å². The number of urea groups is 1. The molecule has 1 fully saturated rings. The van der Waals surface area contributed by atoms with Crippen LogP contribution in [0.2, 0.25) is 5.02 Å². The van der Waals surface area contributed by atoms with Gasteiger partial charge in [-0.3, -0.25) is 14.5 Å². The minimum atomic E-state index is -4.80. The number of alkyl halides is 3. The van der Waals surface area contributed by atoms with Gasteiger partial charge in [0.05, 0.1) is 17.8 Å². The van der Waals surface area contributed by atoms with Gasteiger partial charge in [-0.15, -0.1) is 0 Å². The summed E-state index contributed by atoms with van der Waals surface area (Å²) >= 11 is 5.55. The van der Waals surface area contributed by atoms with Gasteiger partial charge in [-0.25, -0.2) is 18.6 Å². The molecule has 1 aromatic heterocycles. The molecule has 3 amide bonds. The van der Waals surface area contributed by atoms with Crippen LogP contribution in [0.15, 0.2) is 24.3 Å². The molecule has 34 heavy (non-hydrogen) atoms. The predicted molar refractivity (Wildman–Crippen MR) is 110 cm³/mol. The molecular formula is C20H16ClF5N4O4. The number of anilines is 2. The van der Waals surface area contributed by atoms with Gasteiger partial charge < -0.3 is 14.9 Å². The molecular weight excluding hydrogens is 491 g/mol. The number of carbonyl (C=O) groups excluding carboxylic acids is 2. The highest BCUT2D eigenvalue weighted by Crippen LogP contribution is 2.34. The van der Waals surface area contributed by atoms with Crippen molar-refractivity contribution in [3.8, 4) is 0 Å². The Bertz CT molecular complexity index is 1180. The molecule has 1 aliphatic heterocycles. The summed E-state index contributed by atoms with van der Waals surface area (Å²) in [6.45, 7) is -0.146. The van der Waals surface area contributed by atoms with Crippen LogP contribution in [0.25, 0.3) is 0 Å². The number of halogens is 6. The monoisotopic (exact) mass is 506 g/mol. The SMILES string of the molecule is Cc1cc(C(F)(F)F)cc(N2C(=O)N(CC(=O)O)CC2C(=O)N(C)c2ccc(F)c(Cl)c2F)n1. The van der Waals surface area contributed by atoms with Crippen molar-refractivity contribution in [3.63, 3.8) is 0 Å². The fraction of sp³-hybridized carbons (Fsp3) is 0.300. The number of aryl methyl sites for hydroxylation is 1. The van der Waals surface area contributed by atoms with Crippen molar-refractivity contribution in [1.82, 2.24) is 9.88 Å². The Labute approximate surface area is 194 Å². The Hall–Kier alpha value is -3.48. The van der Waals surface area contributed by atoms with Crippen LogP contribution in [-0.4, -0.2) is 59.1 Å². The van der Waals surface area contributed by atoms with Crippen molar-refractivity contribution < 1.29 is 41.4 Å². The molecule has 1 aromatic carbocycles. The molecule has 8 nitrogen and oxygen atoms in total. The van der Waals surface area contributed by atoms with Crippen LogP contribution in [0, 0.1) is 18.6 Å². The molecule has 2 aromatic rings. The number of likely N-dealkylation sites (N-methyl/N-ethyl adjacent to an activating group) is 1. The van der Waals surface area contributed by atoms with Crippen molar-refractivity contribution >= 4 is 41.0 Å². The van der Waals surface area contributed by atoms with Gasteiger partial charge in [0.2, 0.25) is 0 Å². The predicted octanol–water partition coefficient (Wildman–Crippen LogP) is 3.70. The summed E-state index contributed by atoms with van der Waals surface area (Å²) in [6, 6.07) is 0.338. The summed E-state index contributed by atoms with van der Waals surface area (Å²) in [5.41, 5.74) is -1.73. The average molecular weight is 507 g/mol. The highest BCUT2D eigenvalue weighted by molar-refractivity contribution is 6.31. The topological polar surface area (TPSA) is 94.1 Å². The number of hydrogen-bond acceptors (Lipinski definition) is 4. The highest BCUT2D eigenvalue weighted by atomic mass is 35.5. The van der Waals surface area contributed by atoms with E-state index in [1.165, 1.54) is 6.92 Å². The molecule has 1 saturated heterocycles. The smallest absolute Gasteiger partial charge is 0.416 e. The highest BCUT2D eigenvalue weighted by Gasteiger charge is 2.46. The third-order valence-corrected chi connectivity index (χ3v) is 5.36. The van der Waals surface area contributed by atoms with E-state index in [4.69, 9.17) is 16.7 Å². The van der Waals surface area contributed by atoms with Crippen molar-refractivity contribution in [1.29, 1.82) is 0 Å². The van der Waals surface area contributed by atoms with Crippen LogP contribution in [0.1, 0.15) is 11.3 Å². The number of amides is 3. The number of benzene rings is 1. The van der Waals surface area contributed by atoms with E-state index in [-0.39, 0.29) is 5.69 Å². The number of carboxylic acid groups (broad SMARTS) is 1. The van der Waals surface area contributed by atoms with Crippen molar-refractivity contribution in [2.75, 3.05) is 29.9 Å². The second kappa shape index (κ2) is 9.05. The van der Waals surface area contributed by atoms with Crippen LogP contribution in [-0.2, 0) is 15.8 Å². The van der Waals surface area contributed by atoms with Crippen molar-refractivity contribution in [3.05, 3.63) is 52.2 Å². The molecule has 0 saturated carbocycles. The maximum atomic E-state index is 14.5. The molecule has 3 rings (SSSR count). The van der Waals surface area contributed by atoms with E-state index < -0.39 is 76.9 Å². The van der Waals surface area contributed by atoms with E-state index in [1.54, 1.807) is 0 Å². The number of hydrogen-bond donors (Lipinski definition) is 1. The first-order valence-electron chi connectivity index (χ1n) is 9.49. The molecule has 1 aliphatic rings. The van der Waals surface area contributed by atoms with Crippen LogP contribution in [0.4, 0.5) is 38.3 Å². The summed E-state index contributed by atoms with van der Waals surface area (Å²) in [6.07, 6.45) is -4.80. The molecule has 0 bridgehead atoms. The van der Waals surface area contributed by atoms with Gasteiger partial charge in [-0.05, 0) is 31.2 Å². The average Bonchev–Trinajstić information content (AvgIpc) is 3.05. The lowest BCUT2D eigenvalue weighted by molar-refractivity contribution is -0.138. The molecule has 2 heterocycles. The van der Waals surface area contributed by atoms with Crippen LogP contribution in [0.5, 0.6) is 0 Å². The minimum absolute atomic E-state index is 0.120. The molecule has 0 spiro atoms. The van der Waals surface area contributed by atoms with Crippen molar-refractivity contribution in [2.24, 2.45) is 0 Å². The second-order valence-electron chi connectivity index (χ2n) is 7.39. The Morgan fingerprint density at radius 2 is 1.91 bits per heavy atom. The molecule has 14 heteroatoms. The van der Waals surface area contributed by atoms with Crippen LogP contribution < -0.4 is 9.80 Å². The van der Waals surface area contributed by atoms with Gasteiger partial charge in [0.1, 0.15) is 29.2 Å². The van der Waals surface area contributed by atoms with Gasteiger partial charge in [-0.2, -0.15) is 13.2 Å².